The highest BCUT2D eigenvalue weighted by Gasteiger charge is 2.11. The van der Waals surface area contributed by atoms with Gasteiger partial charge in [-0.15, -0.1) is 0 Å². The van der Waals surface area contributed by atoms with Crippen LogP contribution in [0.2, 0.25) is 0 Å². The largest absolute Gasteiger partial charge is 0.308 e. The molecule has 0 saturated carbocycles. The molecule has 0 saturated heterocycles. The van der Waals surface area contributed by atoms with Crippen molar-refractivity contribution in [1.29, 1.82) is 0 Å². The first-order valence-electron chi connectivity index (χ1n) is 7.49. The molecule has 1 heterocycles. The first-order valence-corrected chi connectivity index (χ1v) is 8.71. The lowest BCUT2D eigenvalue weighted by molar-refractivity contribution is 0.0977. The van der Waals surface area contributed by atoms with E-state index >= 15 is 0 Å². The Bertz CT molecular complexity index is 947. The van der Waals surface area contributed by atoms with Gasteiger partial charge in [-0.05, 0) is 62.3 Å². The molecule has 3 rings (SSSR count). The zero-order valence-electron chi connectivity index (χ0n) is 13.6. The van der Waals surface area contributed by atoms with Gasteiger partial charge in [0.2, 0.25) is 0 Å². The molecule has 6 heteroatoms. The molecule has 0 spiro atoms. The van der Waals surface area contributed by atoms with Crippen molar-refractivity contribution >= 4 is 49.9 Å². The summed E-state index contributed by atoms with van der Waals surface area (Å²) < 4.78 is 1.10. The molecule has 0 bridgehead atoms. The summed E-state index contributed by atoms with van der Waals surface area (Å²) in [6.45, 7) is 6.04. The number of aryl methyl sites for hydroxylation is 3. The molecule has 2 N–H and O–H groups in total. The SMILES string of the molecule is Cc1cccc(C(=O)NC(=S)Nc2nc3c(C)cc(C)cc3s2)c1. The van der Waals surface area contributed by atoms with Gasteiger partial charge in [-0.25, -0.2) is 4.98 Å². The summed E-state index contributed by atoms with van der Waals surface area (Å²) in [6, 6.07) is 11.6. The predicted molar refractivity (Wildman–Crippen MR) is 104 cm³/mol. The molecule has 1 aromatic heterocycles. The second kappa shape index (κ2) is 6.67. The number of anilines is 1. The summed E-state index contributed by atoms with van der Waals surface area (Å²) in [5.41, 5.74) is 4.89. The molecule has 0 aliphatic heterocycles. The van der Waals surface area contributed by atoms with Crippen LogP contribution in [-0.2, 0) is 0 Å². The Morgan fingerprint density at radius 3 is 2.67 bits per heavy atom. The number of carbonyl (C=O) groups excluding carboxylic acids is 1. The van der Waals surface area contributed by atoms with Gasteiger partial charge in [0.15, 0.2) is 10.2 Å². The first-order chi connectivity index (χ1) is 11.4. The van der Waals surface area contributed by atoms with E-state index in [9.17, 15) is 4.79 Å². The number of benzene rings is 2. The van der Waals surface area contributed by atoms with Gasteiger partial charge in [-0.3, -0.25) is 10.1 Å². The van der Waals surface area contributed by atoms with Crippen molar-refractivity contribution < 1.29 is 4.79 Å². The van der Waals surface area contributed by atoms with Gasteiger partial charge in [-0.1, -0.05) is 35.1 Å². The number of hydrogen-bond donors (Lipinski definition) is 2. The minimum Gasteiger partial charge on any atom is -0.308 e. The molecule has 0 atom stereocenters. The fraction of sp³-hybridized carbons (Fsp3) is 0.167. The van der Waals surface area contributed by atoms with Gasteiger partial charge >= 0.3 is 0 Å². The van der Waals surface area contributed by atoms with Crippen LogP contribution in [-0.4, -0.2) is 16.0 Å². The Hall–Kier alpha value is -2.31. The van der Waals surface area contributed by atoms with Gasteiger partial charge in [0, 0.05) is 5.56 Å². The molecular formula is C18H17N3OS2. The van der Waals surface area contributed by atoms with E-state index in [0.29, 0.717) is 10.7 Å². The Balaban J connectivity index is 1.73. The van der Waals surface area contributed by atoms with E-state index in [2.05, 4.69) is 34.7 Å². The van der Waals surface area contributed by atoms with Crippen LogP contribution in [0.15, 0.2) is 36.4 Å². The summed E-state index contributed by atoms with van der Waals surface area (Å²) in [6.07, 6.45) is 0. The van der Waals surface area contributed by atoms with E-state index in [-0.39, 0.29) is 11.0 Å². The number of amides is 1. The van der Waals surface area contributed by atoms with Crippen molar-refractivity contribution in [3.63, 3.8) is 0 Å². The maximum absolute atomic E-state index is 12.2. The van der Waals surface area contributed by atoms with Crippen molar-refractivity contribution in [2.45, 2.75) is 20.8 Å². The van der Waals surface area contributed by atoms with Crippen LogP contribution in [0.1, 0.15) is 27.0 Å². The zero-order chi connectivity index (χ0) is 17.3. The van der Waals surface area contributed by atoms with Gasteiger partial charge in [0.05, 0.1) is 10.2 Å². The van der Waals surface area contributed by atoms with Crippen LogP contribution in [0.25, 0.3) is 10.2 Å². The summed E-state index contributed by atoms with van der Waals surface area (Å²) in [7, 11) is 0. The van der Waals surface area contributed by atoms with E-state index in [1.807, 2.05) is 32.0 Å². The third-order valence-electron chi connectivity index (χ3n) is 3.56. The maximum atomic E-state index is 12.2. The predicted octanol–water partition coefficient (Wildman–Crippen LogP) is 4.35. The third kappa shape index (κ3) is 3.60. The highest BCUT2D eigenvalue weighted by atomic mass is 32.1. The number of thiazole rings is 1. The van der Waals surface area contributed by atoms with Gasteiger partial charge < -0.3 is 5.32 Å². The van der Waals surface area contributed by atoms with Crippen molar-refractivity contribution in [2.24, 2.45) is 0 Å². The van der Waals surface area contributed by atoms with Gasteiger partial charge in [0.1, 0.15) is 0 Å². The monoisotopic (exact) mass is 355 g/mol. The highest BCUT2D eigenvalue weighted by Crippen LogP contribution is 2.29. The van der Waals surface area contributed by atoms with Crippen molar-refractivity contribution in [3.05, 3.63) is 58.7 Å². The van der Waals surface area contributed by atoms with Crippen molar-refractivity contribution in [1.82, 2.24) is 10.3 Å². The van der Waals surface area contributed by atoms with Crippen molar-refractivity contribution in [3.8, 4) is 0 Å². The molecule has 0 fully saturated rings. The molecule has 2 aromatic carbocycles. The standard InChI is InChI=1S/C18H17N3OS2/c1-10-5-4-6-13(8-10)16(22)20-17(23)21-18-19-15-12(3)7-11(2)9-14(15)24-18/h4-9H,1-3H3,(H2,19,20,21,22,23). The minimum absolute atomic E-state index is 0.232. The molecule has 0 unspecified atom stereocenters. The quantitative estimate of drug-likeness (QED) is 0.671. The lowest BCUT2D eigenvalue weighted by atomic mass is 10.1. The van der Waals surface area contributed by atoms with E-state index < -0.39 is 0 Å². The minimum atomic E-state index is -0.232. The van der Waals surface area contributed by atoms with Crippen LogP contribution >= 0.6 is 23.6 Å². The molecule has 24 heavy (non-hydrogen) atoms. The van der Waals surface area contributed by atoms with E-state index in [4.69, 9.17) is 12.2 Å². The van der Waals surface area contributed by atoms with Crippen LogP contribution in [0, 0.1) is 20.8 Å². The summed E-state index contributed by atoms with van der Waals surface area (Å²) in [4.78, 5) is 16.8. The molecule has 0 aliphatic rings. The number of carbonyl (C=O) groups is 1. The van der Waals surface area contributed by atoms with Crippen molar-refractivity contribution in [2.75, 3.05) is 5.32 Å². The maximum Gasteiger partial charge on any atom is 0.257 e. The molecule has 0 aliphatic carbocycles. The second-order valence-electron chi connectivity index (χ2n) is 5.73. The van der Waals surface area contributed by atoms with E-state index in [0.717, 1.165) is 21.3 Å². The van der Waals surface area contributed by atoms with Gasteiger partial charge in [0.25, 0.3) is 5.91 Å². The van der Waals surface area contributed by atoms with E-state index in [1.165, 1.54) is 16.9 Å². The topological polar surface area (TPSA) is 54.0 Å². The average Bonchev–Trinajstić information content (AvgIpc) is 2.89. The second-order valence-corrected chi connectivity index (χ2v) is 7.16. The molecule has 4 nitrogen and oxygen atoms in total. The fourth-order valence-electron chi connectivity index (χ4n) is 2.51. The average molecular weight is 355 g/mol. The van der Waals surface area contributed by atoms with E-state index in [1.54, 1.807) is 6.07 Å². The lowest BCUT2D eigenvalue weighted by Gasteiger charge is -2.07. The summed E-state index contributed by atoms with van der Waals surface area (Å²) in [5.74, 6) is -0.232. The molecular weight excluding hydrogens is 338 g/mol. The van der Waals surface area contributed by atoms with Crippen LogP contribution in [0.3, 0.4) is 0 Å². The van der Waals surface area contributed by atoms with Crippen LogP contribution in [0.5, 0.6) is 0 Å². The Labute approximate surface area is 149 Å². The van der Waals surface area contributed by atoms with Crippen LogP contribution < -0.4 is 10.6 Å². The number of hydrogen-bond acceptors (Lipinski definition) is 4. The van der Waals surface area contributed by atoms with Gasteiger partial charge in [-0.2, -0.15) is 0 Å². The molecule has 122 valence electrons. The zero-order valence-corrected chi connectivity index (χ0v) is 15.3. The summed E-state index contributed by atoms with van der Waals surface area (Å²) in [5, 5.41) is 6.61. The molecule has 1 amide bonds. The fourth-order valence-corrected chi connectivity index (χ4v) is 3.81. The number of fused-ring (bicyclic) bond motifs is 1. The number of thiocarbonyl (C=S) groups is 1. The Morgan fingerprint density at radius 2 is 1.92 bits per heavy atom. The smallest absolute Gasteiger partial charge is 0.257 e. The number of rotatable bonds is 2. The Morgan fingerprint density at radius 1 is 1.12 bits per heavy atom. The summed E-state index contributed by atoms with van der Waals surface area (Å²) >= 11 is 6.75. The third-order valence-corrected chi connectivity index (χ3v) is 4.68. The highest BCUT2D eigenvalue weighted by molar-refractivity contribution is 7.80. The Kier molecular flexibility index (Phi) is 4.59. The molecule has 0 radical (unpaired) electrons. The van der Waals surface area contributed by atoms with Crippen LogP contribution in [0.4, 0.5) is 5.13 Å². The number of nitrogens with zero attached hydrogens (tertiary/aromatic N) is 1. The number of nitrogens with one attached hydrogen (secondary N) is 2. The lowest BCUT2D eigenvalue weighted by Crippen LogP contribution is -2.34. The normalized spacial score (nSPS) is 10.6. The number of aromatic nitrogens is 1. The first kappa shape index (κ1) is 16.5. The molecule has 3 aromatic rings.